The normalized spacial score (nSPS) is 24.8. The second-order valence-electron chi connectivity index (χ2n) is 4.42. The van der Waals surface area contributed by atoms with Crippen LogP contribution in [0.5, 0.6) is 0 Å². The fraction of sp³-hybridized carbons (Fsp3) is 0.818. The minimum atomic E-state index is -0.00819. The van der Waals surface area contributed by atoms with Crippen molar-refractivity contribution in [1.29, 1.82) is 0 Å². The highest BCUT2D eigenvalue weighted by Gasteiger charge is 2.29. The van der Waals surface area contributed by atoms with Gasteiger partial charge in [-0.1, -0.05) is 11.8 Å². The van der Waals surface area contributed by atoms with Crippen molar-refractivity contribution in [2.75, 3.05) is 32.0 Å². The van der Waals surface area contributed by atoms with Crippen LogP contribution in [0.1, 0.15) is 19.3 Å². The third-order valence-electron chi connectivity index (χ3n) is 3.35. The molecule has 6 heteroatoms. The Morgan fingerprint density at radius 2 is 2.29 bits per heavy atom. The van der Waals surface area contributed by atoms with Crippen molar-refractivity contribution in [2.24, 2.45) is 0 Å². The average Bonchev–Trinajstić information content (AvgIpc) is 2.94. The summed E-state index contributed by atoms with van der Waals surface area (Å²) in [5, 5.41) is 9.23. The zero-order valence-electron chi connectivity index (χ0n) is 9.80. The number of hydrogen-bond acceptors (Lipinski definition) is 4. The molecule has 0 aromatic heterocycles. The fourth-order valence-corrected chi connectivity index (χ4v) is 3.21. The molecule has 0 aromatic rings. The molecular formula is C11H18N2O3S. The molecular weight excluding hydrogens is 240 g/mol. The molecule has 0 aliphatic carbocycles. The van der Waals surface area contributed by atoms with Gasteiger partial charge in [-0.2, -0.15) is 0 Å². The number of nitrogens with zero attached hydrogens (tertiary/aromatic N) is 2. The van der Waals surface area contributed by atoms with Crippen LogP contribution in [0.15, 0.2) is 0 Å². The minimum Gasteiger partial charge on any atom is -0.394 e. The first kappa shape index (κ1) is 12.7. The lowest BCUT2D eigenvalue weighted by atomic mass is 10.2. The van der Waals surface area contributed by atoms with E-state index >= 15 is 0 Å². The minimum absolute atomic E-state index is 0.00819. The van der Waals surface area contributed by atoms with Crippen molar-refractivity contribution in [3.05, 3.63) is 0 Å². The summed E-state index contributed by atoms with van der Waals surface area (Å²) in [4.78, 5) is 26.8. The van der Waals surface area contributed by atoms with E-state index in [4.69, 9.17) is 5.11 Å². The highest BCUT2D eigenvalue weighted by molar-refractivity contribution is 8.13. The maximum Gasteiger partial charge on any atom is 0.281 e. The predicted octanol–water partition coefficient (Wildman–Crippen LogP) is 0.529. The van der Waals surface area contributed by atoms with E-state index < -0.39 is 0 Å². The Labute approximate surface area is 105 Å². The number of likely N-dealkylation sites (tertiary alicyclic amines) is 1. The van der Waals surface area contributed by atoms with Crippen LogP contribution < -0.4 is 0 Å². The largest absolute Gasteiger partial charge is 0.394 e. The van der Waals surface area contributed by atoms with Gasteiger partial charge in [0.25, 0.3) is 5.24 Å². The van der Waals surface area contributed by atoms with Crippen LogP contribution in [0.25, 0.3) is 0 Å². The van der Waals surface area contributed by atoms with Crippen LogP contribution in [0.4, 0.5) is 4.79 Å². The third-order valence-corrected chi connectivity index (χ3v) is 4.24. The SMILES string of the molecule is O=C1SCCN1CCC(=O)N1CCCC1CO. The van der Waals surface area contributed by atoms with Gasteiger partial charge in [-0.15, -0.1) is 0 Å². The Hall–Kier alpha value is -0.750. The number of aliphatic hydroxyl groups excluding tert-OH is 1. The number of amides is 2. The van der Waals surface area contributed by atoms with E-state index in [0.717, 1.165) is 31.7 Å². The number of hydrogen-bond donors (Lipinski definition) is 1. The number of thioether (sulfide) groups is 1. The van der Waals surface area contributed by atoms with E-state index in [9.17, 15) is 9.59 Å². The summed E-state index contributed by atoms with van der Waals surface area (Å²) in [6, 6.07) is -0.00819. The lowest BCUT2D eigenvalue weighted by molar-refractivity contribution is -0.132. The van der Waals surface area contributed by atoms with E-state index in [0.29, 0.717) is 13.0 Å². The number of carbonyl (C=O) groups excluding carboxylic acids is 2. The van der Waals surface area contributed by atoms with Crippen molar-refractivity contribution < 1.29 is 14.7 Å². The highest BCUT2D eigenvalue weighted by Crippen LogP contribution is 2.20. The molecule has 0 saturated carbocycles. The second-order valence-corrected chi connectivity index (χ2v) is 5.46. The lowest BCUT2D eigenvalue weighted by Gasteiger charge is -2.24. The maximum absolute atomic E-state index is 11.9. The summed E-state index contributed by atoms with van der Waals surface area (Å²) in [6.07, 6.45) is 2.24. The molecule has 2 aliphatic heterocycles. The zero-order valence-corrected chi connectivity index (χ0v) is 10.6. The first-order valence-electron chi connectivity index (χ1n) is 6.04. The smallest absolute Gasteiger partial charge is 0.281 e. The van der Waals surface area contributed by atoms with Gasteiger partial charge in [0.05, 0.1) is 12.6 Å². The Balaban J connectivity index is 1.78. The number of rotatable bonds is 4. The van der Waals surface area contributed by atoms with Crippen LogP contribution in [-0.4, -0.2) is 64.1 Å². The van der Waals surface area contributed by atoms with Crippen LogP contribution >= 0.6 is 11.8 Å². The predicted molar refractivity (Wildman–Crippen MR) is 65.9 cm³/mol. The fourth-order valence-electron chi connectivity index (χ4n) is 2.36. The summed E-state index contributed by atoms with van der Waals surface area (Å²) in [6.45, 7) is 2.05. The molecule has 0 bridgehead atoms. The molecule has 5 nitrogen and oxygen atoms in total. The van der Waals surface area contributed by atoms with Gasteiger partial charge in [-0.3, -0.25) is 9.59 Å². The Morgan fingerprint density at radius 1 is 1.47 bits per heavy atom. The molecule has 2 saturated heterocycles. The van der Waals surface area contributed by atoms with Crippen molar-refractivity contribution in [1.82, 2.24) is 9.80 Å². The summed E-state index contributed by atoms with van der Waals surface area (Å²) >= 11 is 1.32. The standard InChI is InChI=1S/C11H18N2O3S/c14-8-9-2-1-4-13(9)10(15)3-5-12-6-7-17-11(12)16/h9,14H,1-8H2. The Bertz CT molecular complexity index is 311. The Kier molecular flexibility index (Phi) is 4.28. The molecule has 2 aliphatic rings. The van der Waals surface area contributed by atoms with Crippen LogP contribution in [0, 0.1) is 0 Å². The van der Waals surface area contributed by atoms with E-state index in [1.165, 1.54) is 11.8 Å². The van der Waals surface area contributed by atoms with Crippen LogP contribution in [-0.2, 0) is 4.79 Å². The monoisotopic (exact) mass is 258 g/mol. The third kappa shape index (κ3) is 2.93. The van der Waals surface area contributed by atoms with E-state index in [1.807, 2.05) is 0 Å². The molecule has 96 valence electrons. The van der Waals surface area contributed by atoms with Crippen molar-refractivity contribution in [3.8, 4) is 0 Å². The van der Waals surface area contributed by atoms with Crippen LogP contribution in [0.3, 0.4) is 0 Å². The zero-order chi connectivity index (χ0) is 12.3. The van der Waals surface area contributed by atoms with Gasteiger partial charge < -0.3 is 14.9 Å². The van der Waals surface area contributed by atoms with Gasteiger partial charge in [0.1, 0.15) is 0 Å². The molecule has 1 unspecified atom stereocenters. The maximum atomic E-state index is 11.9. The highest BCUT2D eigenvalue weighted by atomic mass is 32.2. The van der Waals surface area contributed by atoms with Gasteiger partial charge in [-0.05, 0) is 12.8 Å². The van der Waals surface area contributed by atoms with Gasteiger partial charge in [0.2, 0.25) is 5.91 Å². The lowest BCUT2D eigenvalue weighted by Crippen LogP contribution is -2.39. The van der Waals surface area contributed by atoms with E-state index in [-0.39, 0.29) is 23.8 Å². The topological polar surface area (TPSA) is 60.9 Å². The van der Waals surface area contributed by atoms with Gasteiger partial charge in [0, 0.05) is 31.8 Å². The first-order chi connectivity index (χ1) is 8.22. The molecule has 0 radical (unpaired) electrons. The summed E-state index contributed by atoms with van der Waals surface area (Å²) < 4.78 is 0. The number of carbonyl (C=O) groups is 2. The summed E-state index contributed by atoms with van der Waals surface area (Å²) in [5.41, 5.74) is 0. The summed E-state index contributed by atoms with van der Waals surface area (Å²) in [7, 11) is 0. The van der Waals surface area contributed by atoms with Gasteiger partial charge in [0.15, 0.2) is 0 Å². The van der Waals surface area contributed by atoms with E-state index in [2.05, 4.69) is 0 Å². The average molecular weight is 258 g/mol. The second kappa shape index (κ2) is 5.73. The quantitative estimate of drug-likeness (QED) is 0.799. The molecule has 1 atom stereocenters. The van der Waals surface area contributed by atoms with Crippen molar-refractivity contribution in [3.63, 3.8) is 0 Å². The first-order valence-corrected chi connectivity index (χ1v) is 7.03. The molecule has 1 N–H and O–H groups in total. The van der Waals surface area contributed by atoms with Gasteiger partial charge >= 0.3 is 0 Å². The van der Waals surface area contributed by atoms with Crippen molar-refractivity contribution >= 4 is 22.9 Å². The van der Waals surface area contributed by atoms with Crippen molar-refractivity contribution in [2.45, 2.75) is 25.3 Å². The molecule has 2 heterocycles. The van der Waals surface area contributed by atoms with E-state index in [1.54, 1.807) is 9.80 Å². The number of aliphatic hydroxyl groups is 1. The van der Waals surface area contributed by atoms with Crippen LogP contribution in [0.2, 0.25) is 0 Å². The molecule has 2 fully saturated rings. The molecule has 2 rings (SSSR count). The van der Waals surface area contributed by atoms with Gasteiger partial charge in [-0.25, -0.2) is 0 Å². The summed E-state index contributed by atoms with van der Waals surface area (Å²) in [5.74, 6) is 0.891. The molecule has 0 aromatic carbocycles. The Morgan fingerprint density at radius 3 is 2.94 bits per heavy atom. The molecule has 17 heavy (non-hydrogen) atoms. The molecule has 0 spiro atoms. The molecule has 2 amide bonds.